The van der Waals surface area contributed by atoms with E-state index in [1.807, 2.05) is 12.1 Å². The second-order valence-corrected chi connectivity index (χ2v) is 5.89. The summed E-state index contributed by atoms with van der Waals surface area (Å²) in [5.74, 6) is 0.257. The summed E-state index contributed by atoms with van der Waals surface area (Å²) in [6, 6.07) is 5.35. The fourth-order valence-corrected chi connectivity index (χ4v) is 2.48. The molecule has 0 fully saturated rings. The molecule has 1 atom stereocenters. The maximum absolute atomic E-state index is 9.89. The van der Waals surface area contributed by atoms with E-state index in [9.17, 15) is 10.2 Å². The number of allylic oxidation sites excluding steroid dienone is 1. The standard InChI is InChI=1S/C17H23BrO3/c1-2-4-13(6-8-16(20)5-3-10-19)11-14-12-15(18)7-9-17(14)21/h3,5,7,9,11-12,16,19-21H,2,4,6,8,10H2,1H3/b5-3-,13-11+/t16-/m0/s1. The molecule has 0 spiro atoms. The molecule has 3 nitrogen and oxygen atoms in total. The van der Waals surface area contributed by atoms with Crippen molar-refractivity contribution in [2.45, 2.75) is 38.7 Å². The van der Waals surface area contributed by atoms with Crippen LogP contribution in [0.4, 0.5) is 0 Å². The van der Waals surface area contributed by atoms with Gasteiger partial charge in [0, 0.05) is 10.0 Å². The smallest absolute Gasteiger partial charge is 0.122 e. The molecule has 0 saturated heterocycles. The van der Waals surface area contributed by atoms with Crippen molar-refractivity contribution in [2.75, 3.05) is 6.61 Å². The minimum absolute atomic E-state index is 0.0549. The van der Waals surface area contributed by atoms with E-state index in [1.165, 1.54) is 5.57 Å². The molecule has 0 aliphatic rings. The molecule has 1 aromatic rings. The number of halogens is 1. The summed E-state index contributed by atoms with van der Waals surface area (Å²) in [4.78, 5) is 0. The molecule has 1 rings (SSSR count). The highest BCUT2D eigenvalue weighted by atomic mass is 79.9. The molecule has 0 bridgehead atoms. The first-order chi connectivity index (χ1) is 10.1. The van der Waals surface area contributed by atoms with E-state index in [4.69, 9.17) is 5.11 Å². The SMILES string of the molecule is CCC/C(=C\c1cc(Br)ccc1O)CC[C@@H](O)/C=C\CO. The quantitative estimate of drug-likeness (QED) is 0.617. The summed E-state index contributed by atoms with van der Waals surface area (Å²) < 4.78 is 0.924. The molecule has 116 valence electrons. The highest BCUT2D eigenvalue weighted by Crippen LogP contribution is 2.26. The number of aliphatic hydroxyl groups excluding tert-OH is 2. The Bertz CT molecular complexity index is 495. The van der Waals surface area contributed by atoms with Crippen molar-refractivity contribution in [2.24, 2.45) is 0 Å². The second-order valence-electron chi connectivity index (χ2n) is 4.97. The first-order valence-corrected chi connectivity index (χ1v) is 7.99. The van der Waals surface area contributed by atoms with Crippen molar-refractivity contribution in [3.63, 3.8) is 0 Å². The lowest BCUT2D eigenvalue weighted by Crippen LogP contribution is -2.03. The van der Waals surface area contributed by atoms with Crippen LogP contribution in [0.5, 0.6) is 5.75 Å². The second kappa shape index (κ2) is 9.77. The van der Waals surface area contributed by atoms with Crippen molar-refractivity contribution in [1.29, 1.82) is 0 Å². The number of benzene rings is 1. The third kappa shape index (κ3) is 6.93. The predicted octanol–water partition coefficient (Wildman–Crippen LogP) is 4.03. The van der Waals surface area contributed by atoms with Crippen LogP contribution >= 0.6 is 15.9 Å². The largest absolute Gasteiger partial charge is 0.507 e. The lowest BCUT2D eigenvalue weighted by Gasteiger charge is -2.10. The Balaban J connectivity index is 2.78. The Hall–Kier alpha value is -1.10. The predicted molar refractivity (Wildman–Crippen MR) is 90.2 cm³/mol. The summed E-state index contributed by atoms with van der Waals surface area (Å²) in [7, 11) is 0. The molecular weight excluding hydrogens is 332 g/mol. The highest BCUT2D eigenvalue weighted by Gasteiger charge is 2.05. The van der Waals surface area contributed by atoms with E-state index in [2.05, 4.69) is 22.9 Å². The van der Waals surface area contributed by atoms with Crippen molar-refractivity contribution < 1.29 is 15.3 Å². The van der Waals surface area contributed by atoms with Gasteiger partial charge in [0.1, 0.15) is 5.75 Å². The Morgan fingerprint density at radius 1 is 1.33 bits per heavy atom. The number of aromatic hydroxyl groups is 1. The summed E-state index contributed by atoms with van der Waals surface area (Å²) >= 11 is 3.40. The van der Waals surface area contributed by atoms with Gasteiger partial charge in [0.05, 0.1) is 12.7 Å². The van der Waals surface area contributed by atoms with E-state index >= 15 is 0 Å². The average molecular weight is 355 g/mol. The number of aliphatic hydroxyl groups is 2. The number of rotatable bonds is 8. The molecule has 0 unspecified atom stereocenters. The molecule has 0 amide bonds. The zero-order chi connectivity index (χ0) is 15.7. The number of phenolic OH excluding ortho intramolecular Hbond substituents is 1. The zero-order valence-electron chi connectivity index (χ0n) is 12.3. The molecular formula is C17H23BrO3. The molecule has 4 heteroatoms. The van der Waals surface area contributed by atoms with Crippen LogP contribution in [-0.4, -0.2) is 28.0 Å². The van der Waals surface area contributed by atoms with Crippen LogP contribution in [0.25, 0.3) is 6.08 Å². The fourth-order valence-electron chi connectivity index (χ4n) is 2.10. The molecule has 0 aliphatic heterocycles. The average Bonchev–Trinajstić information content (AvgIpc) is 2.46. The summed E-state index contributed by atoms with van der Waals surface area (Å²) in [6.45, 7) is 2.05. The summed E-state index contributed by atoms with van der Waals surface area (Å²) in [5.41, 5.74) is 1.98. The van der Waals surface area contributed by atoms with Gasteiger partial charge in [-0.2, -0.15) is 0 Å². The van der Waals surface area contributed by atoms with Gasteiger partial charge < -0.3 is 15.3 Å². The molecule has 0 aromatic heterocycles. The summed E-state index contributed by atoms with van der Waals surface area (Å²) in [6.07, 6.45) is 7.92. The molecule has 0 radical (unpaired) electrons. The number of phenols is 1. The van der Waals surface area contributed by atoms with Crippen molar-refractivity contribution >= 4 is 22.0 Å². The van der Waals surface area contributed by atoms with Crippen LogP contribution in [0, 0.1) is 0 Å². The Morgan fingerprint density at radius 3 is 2.76 bits per heavy atom. The summed E-state index contributed by atoms with van der Waals surface area (Å²) in [5, 5.41) is 28.4. The molecule has 3 N–H and O–H groups in total. The fraction of sp³-hybridized carbons (Fsp3) is 0.412. The minimum Gasteiger partial charge on any atom is -0.507 e. The lowest BCUT2D eigenvalue weighted by molar-refractivity contribution is 0.211. The van der Waals surface area contributed by atoms with Gasteiger partial charge in [-0.1, -0.05) is 53.1 Å². The van der Waals surface area contributed by atoms with Gasteiger partial charge in [0.15, 0.2) is 0 Å². The Labute approximate surface area is 134 Å². The molecule has 1 aromatic carbocycles. The van der Waals surface area contributed by atoms with Gasteiger partial charge in [-0.25, -0.2) is 0 Å². The number of hydrogen-bond donors (Lipinski definition) is 3. The van der Waals surface area contributed by atoms with E-state index in [0.29, 0.717) is 6.42 Å². The van der Waals surface area contributed by atoms with Gasteiger partial charge in [-0.15, -0.1) is 0 Å². The monoisotopic (exact) mass is 354 g/mol. The van der Waals surface area contributed by atoms with Crippen molar-refractivity contribution in [3.8, 4) is 5.75 Å². The van der Waals surface area contributed by atoms with Gasteiger partial charge in [-0.05, 0) is 37.5 Å². The third-order valence-corrected chi connectivity index (χ3v) is 3.64. The Kier molecular flexibility index (Phi) is 8.35. The van der Waals surface area contributed by atoms with Gasteiger partial charge >= 0.3 is 0 Å². The highest BCUT2D eigenvalue weighted by molar-refractivity contribution is 9.10. The first kappa shape index (κ1) is 18.0. The van der Waals surface area contributed by atoms with Gasteiger partial charge in [0.25, 0.3) is 0 Å². The lowest BCUT2D eigenvalue weighted by atomic mass is 9.99. The third-order valence-electron chi connectivity index (χ3n) is 3.15. The van der Waals surface area contributed by atoms with E-state index in [0.717, 1.165) is 29.3 Å². The van der Waals surface area contributed by atoms with Crippen molar-refractivity contribution in [1.82, 2.24) is 0 Å². The Morgan fingerprint density at radius 2 is 2.10 bits per heavy atom. The van der Waals surface area contributed by atoms with Crippen LogP contribution < -0.4 is 0 Å². The minimum atomic E-state index is -0.548. The maximum atomic E-state index is 9.89. The van der Waals surface area contributed by atoms with E-state index in [-0.39, 0.29) is 12.4 Å². The van der Waals surface area contributed by atoms with E-state index < -0.39 is 6.10 Å². The molecule has 0 heterocycles. The van der Waals surface area contributed by atoms with Crippen LogP contribution in [0.15, 0.2) is 40.4 Å². The molecule has 0 aliphatic carbocycles. The van der Waals surface area contributed by atoms with Gasteiger partial charge in [0.2, 0.25) is 0 Å². The van der Waals surface area contributed by atoms with Crippen LogP contribution in [0.2, 0.25) is 0 Å². The first-order valence-electron chi connectivity index (χ1n) is 7.20. The molecule has 0 saturated carbocycles. The van der Waals surface area contributed by atoms with Crippen LogP contribution in [0.3, 0.4) is 0 Å². The van der Waals surface area contributed by atoms with Crippen LogP contribution in [-0.2, 0) is 0 Å². The maximum Gasteiger partial charge on any atom is 0.122 e. The number of hydrogen-bond acceptors (Lipinski definition) is 3. The van der Waals surface area contributed by atoms with E-state index in [1.54, 1.807) is 24.3 Å². The van der Waals surface area contributed by atoms with Crippen LogP contribution in [0.1, 0.15) is 38.2 Å². The normalized spacial score (nSPS) is 13.8. The molecule has 21 heavy (non-hydrogen) atoms. The zero-order valence-corrected chi connectivity index (χ0v) is 13.9. The topological polar surface area (TPSA) is 60.7 Å². The van der Waals surface area contributed by atoms with Crippen molar-refractivity contribution in [3.05, 3.63) is 46.0 Å². The van der Waals surface area contributed by atoms with Gasteiger partial charge in [-0.3, -0.25) is 0 Å².